The molecule has 1 rings (SSSR count). The summed E-state index contributed by atoms with van der Waals surface area (Å²) < 4.78 is 26.2. The molecular weight excluding hydrogens is 240 g/mol. The van der Waals surface area contributed by atoms with E-state index in [1.807, 2.05) is 0 Å². The van der Waals surface area contributed by atoms with Crippen LogP contribution in [0.3, 0.4) is 0 Å². The van der Waals surface area contributed by atoms with Gasteiger partial charge in [0.2, 0.25) is 0 Å². The third kappa shape index (κ3) is 2.89. The number of benzene rings is 1. The molecule has 0 saturated carbocycles. The summed E-state index contributed by atoms with van der Waals surface area (Å²) in [6.07, 6.45) is 0. The zero-order chi connectivity index (χ0) is 12.5. The average molecular weight is 249 g/mol. The monoisotopic (exact) mass is 249 g/mol. The van der Waals surface area contributed by atoms with E-state index in [-0.39, 0.29) is 0 Å². The summed E-state index contributed by atoms with van der Waals surface area (Å²) in [6.45, 7) is 2.65. The van der Waals surface area contributed by atoms with Crippen LogP contribution in [0.2, 0.25) is 0 Å². The molecule has 0 saturated heterocycles. The molecular formula is C9H9F2NO3S. The molecule has 1 aromatic rings. The van der Waals surface area contributed by atoms with E-state index in [2.05, 4.69) is 0 Å². The highest BCUT2D eigenvalue weighted by Crippen LogP contribution is 2.39. The van der Waals surface area contributed by atoms with Crippen LogP contribution in [0.1, 0.15) is 13.8 Å². The molecule has 0 bridgehead atoms. The summed E-state index contributed by atoms with van der Waals surface area (Å²) in [5.74, 6) is -2.50. The van der Waals surface area contributed by atoms with Gasteiger partial charge in [0.1, 0.15) is 9.83 Å². The van der Waals surface area contributed by atoms with Crippen molar-refractivity contribution in [3.8, 4) is 0 Å². The lowest BCUT2D eigenvalue weighted by molar-refractivity contribution is -0.388. The molecule has 0 aromatic heterocycles. The molecule has 1 N–H and O–H groups in total. The standard InChI is InChI=1S/C9H9F2NO3S/c1-9(2,13)16-8-6(12(14)15)4-3-5(10)7(8)11/h3-4,13H,1-2H3. The average Bonchev–Trinajstić information content (AvgIpc) is 2.10. The van der Waals surface area contributed by atoms with Crippen LogP contribution in [0, 0.1) is 21.7 Å². The molecule has 88 valence electrons. The van der Waals surface area contributed by atoms with E-state index < -0.39 is 32.1 Å². The quantitative estimate of drug-likeness (QED) is 0.387. The topological polar surface area (TPSA) is 63.4 Å². The van der Waals surface area contributed by atoms with Crippen LogP contribution in [-0.2, 0) is 0 Å². The van der Waals surface area contributed by atoms with Gasteiger partial charge in [0.05, 0.1) is 4.92 Å². The van der Waals surface area contributed by atoms with Crippen LogP contribution in [0.15, 0.2) is 17.0 Å². The number of rotatable bonds is 3. The Kier molecular flexibility index (Phi) is 3.49. The summed E-state index contributed by atoms with van der Waals surface area (Å²) in [6, 6.07) is 1.55. The molecule has 0 aliphatic carbocycles. The lowest BCUT2D eigenvalue weighted by Crippen LogP contribution is -2.13. The molecule has 7 heteroatoms. The maximum atomic E-state index is 13.3. The van der Waals surface area contributed by atoms with Gasteiger partial charge in [-0.25, -0.2) is 8.78 Å². The van der Waals surface area contributed by atoms with Crippen molar-refractivity contribution in [2.75, 3.05) is 0 Å². The molecule has 16 heavy (non-hydrogen) atoms. The van der Waals surface area contributed by atoms with Crippen molar-refractivity contribution in [1.29, 1.82) is 0 Å². The summed E-state index contributed by atoms with van der Waals surface area (Å²) in [5.41, 5.74) is -0.564. The fourth-order valence-corrected chi connectivity index (χ4v) is 1.95. The minimum Gasteiger partial charge on any atom is -0.380 e. The van der Waals surface area contributed by atoms with Gasteiger partial charge in [-0.05, 0) is 19.9 Å². The number of nitrogens with zero attached hydrogens (tertiary/aromatic N) is 1. The van der Waals surface area contributed by atoms with E-state index in [9.17, 15) is 24.0 Å². The Hall–Kier alpha value is -1.21. The smallest absolute Gasteiger partial charge is 0.286 e. The van der Waals surface area contributed by atoms with Gasteiger partial charge in [-0.3, -0.25) is 10.1 Å². The third-order valence-electron chi connectivity index (χ3n) is 1.58. The molecule has 4 nitrogen and oxygen atoms in total. The molecule has 0 spiro atoms. The Morgan fingerprint density at radius 2 is 2.00 bits per heavy atom. The van der Waals surface area contributed by atoms with Gasteiger partial charge in [0.25, 0.3) is 5.69 Å². The Bertz CT molecular complexity index is 431. The minimum atomic E-state index is -1.43. The zero-order valence-corrected chi connectivity index (χ0v) is 9.35. The van der Waals surface area contributed by atoms with Crippen LogP contribution in [-0.4, -0.2) is 15.0 Å². The van der Waals surface area contributed by atoms with Crippen molar-refractivity contribution in [3.05, 3.63) is 33.9 Å². The maximum Gasteiger partial charge on any atom is 0.286 e. The van der Waals surface area contributed by atoms with Crippen molar-refractivity contribution >= 4 is 17.4 Å². The van der Waals surface area contributed by atoms with E-state index in [1.165, 1.54) is 13.8 Å². The molecule has 0 atom stereocenters. The second-order valence-corrected chi connectivity index (χ2v) is 5.13. The van der Waals surface area contributed by atoms with Crippen LogP contribution >= 0.6 is 11.8 Å². The summed E-state index contributed by atoms with van der Waals surface area (Å²) in [4.78, 5) is 7.84. The van der Waals surface area contributed by atoms with Gasteiger partial charge >= 0.3 is 0 Å². The van der Waals surface area contributed by atoms with Gasteiger partial charge in [-0.2, -0.15) is 0 Å². The van der Waals surface area contributed by atoms with E-state index >= 15 is 0 Å². The first-order valence-corrected chi connectivity index (χ1v) is 5.08. The first-order valence-electron chi connectivity index (χ1n) is 4.26. The molecule has 0 fully saturated rings. The van der Waals surface area contributed by atoms with Crippen LogP contribution in [0.5, 0.6) is 0 Å². The van der Waals surface area contributed by atoms with Gasteiger partial charge in [0, 0.05) is 6.07 Å². The molecule has 0 unspecified atom stereocenters. The molecule has 0 aliphatic rings. The molecule has 1 aromatic carbocycles. The summed E-state index contributed by atoms with van der Waals surface area (Å²) in [5, 5.41) is 20.0. The highest BCUT2D eigenvalue weighted by Gasteiger charge is 2.27. The van der Waals surface area contributed by atoms with Crippen molar-refractivity contribution in [2.24, 2.45) is 0 Å². The number of nitro groups is 1. The van der Waals surface area contributed by atoms with Gasteiger partial charge in [-0.1, -0.05) is 11.8 Å². The van der Waals surface area contributed by atoms with Crippen molar-refractivity contribution in [3.63, 3.8) is 0 Å². The van der Waals surface area contributed by atoms with Crippen LogP contribution < -0.4 is 0 Å². The van der Waals surface area contributed by atoms with E-state index in [0.717, 1.165) is 6.07 Å². The predicted molar refractivity (Wildman–Crippen MR) is 55.2 cm³/mol. The molecule has 0 heterocycles. The van der Waals surface area contributed by atoms with E-state index in [0.29, 0.717) is 17.8 Å². The number of thioether (sulfide) groups is 1. The number of aliphatic hydroxyl groups is 1. The normalized spacial score (nSPS) is 11.6. The van der Waals surface area contributed by atoms with Crippen LogP contribution in [0.25, 0.3) is 0 Å². The maximum absolute atomic E-state index is 13.3. The first kappa shape index (κ1) is 12.9. The van der Waals surface area contributed by atoms with Gasteiger partial charge < -0.3 is 5.11 Å². The van der Waals surface area contributed by atoms with Crippen molar-refractivity contribution in [1.82, 2.24) is 0 Å². The van der Waals surface area contributed by atoms with Crippen molar-refractivity contribution in [2.45, 2.75) is 23.7 Å². The summed E-state index contributed by atoms with van der Waals surface area (Å²) >= 11 is 0.495. The van der Waals surface area contributed by atoms with E-state index in [4.69, 9.17) is 0 Å². The number of hydrogen-bond donors (Lipinski definition) is 1. The second-order valence-electron chi connectivity index (χ2n) is 3.52. The predicted octanol–water partition coefficient (Wildman–Crippen LogP) is 2.69. The Balaban J connectivity index is 3.32. The fraction of sp³-hybridized carbons (Fsp3) is 0.333. The third-order valence-corrected chi connectivity index (χ3v) is 2.67. The molecule has 0 radical (unpaired) electrons. The van der Waals surface area contributed by atoms with Gasteiger partial charge in [-0.15, -0.1) is 0 Å². The Morgan fingerprint density at radius 3 is 2.44 bits per heavy atom. The summed E-state index contributed by atoms with van der Waals surface area (Å²) in [7, 11) is 0. The van der Waals surface area contributed by atoms with Crippen molar-refractivity contribution < 1.29 is 18.8 Å². The second kappa shape index (κ2) is 4.34. The molecule has 0 aliphatic heterocycles. The number of halogens is 2. The van der Waals surface area contributed by atoms with Crippen LogP contribution in [0.4, 0.5) is 14.5 Å². The number of nitro benzene ring substituents is 1. The zero-order valence-electron chi connectivity index (χ0n) is 8.53. The Labute approximate surface area is 94.4 Å². The lowest BCUT2D eigenvalue weighted by atomic mass is 10.3. The minimum absolute atomic E-state index is 0.495. The van der Waals surface area contributed by atoms with E-state index in [1.54, 1.807) is 0 Å². The highest BCUT2D eigenvalue weighted by atomic mass is 32.2. The van der Waals surface area contributed by atoms with Gasteiger partial charge in [0.15, 0.2) is 11.6 Å². The largest absolute Gasteiger partial charge is 0.380 e. The molecule has 0 amide bonds. The fourth-order valence-electron chi connectivity index (χ4n) is 1.01. The SMILES string of the molecule is CC(C)(O)Sc1c([N+](=O)[O-])ccc(F)c1F. The Morgan fingerprint density at radius 1 is 1.44 bits per heavy atom. The number of hydrogen-bond acceptors (Lipinski definition) is 4. The first-order chi connectivity index (χ1) is 7.22. The highest BCUT2D eigenvalue weighted by molar-refractivity contribution is 8.00. The lowest BCUT2D eigenvalue weighted by Gasteiger charge is -2.16.